The minimum absolute atomic E-state index is 0.0327. The van der Waals surface area contributed by atoms with Crippen LogP contribution in [-0.2, 0) is 7.05 Å². The predicted molar refractivity (Wildman–Crippen MR) is 115 cm³/mol. The fourth-order valence-electron chi connectivity index (χ4n) is 3.06. The first-order chi connectivity index (χ1) is 14.1. The number of aromatic nitrogens is 5. The predicted octanol–water partition coefficient (Wildman–Crippen LogP) is 4.60. The van der Waals surface area contributed by atoms with Gasteiger partial charge in [-0.05, 0) is 48.9 Å². The zero-order valence-corrected chi connectivity index (χ0v) is 17.5. The van der Waals surface area contributed by atoms with Crippen LogP contribution in [0.4, 0.5) is 0 Å². The van der Waals surface area contributed by atoms with Crippen LogP contribution >= 0.6 is 23.4 Å². The monoisotopic (exact) mass is 423 g/mol. The molecule has 3 aromatic heterocycles. The SMILES string of the molecule is Cc1c(Cl)cccc1-n1c(SCC(=O)c2cccn2C)nnc1-c1ccncc1. The van der Waals surface area contributed by atoms with Gasteiger partial charge in [-0.3, -0.25) is 14.3 Å². The first-order valence-electron chi connectivity index (χ1n) is 8.95. The molecule has 0 N–H and O–H groups in total. The molecule has 0 radical (unpaired) electrons. The van der Waals surface area contributed by atoms with Crippen LogP contribution in [0.15, 0.2) is 66.2 Å². The summed E-state index contributed by atoms with van der Waals surface area (Å²) in [6, 6.07) is 13.1. The number of ketones is 1. The average Bonchev–Trinajstić information content (AvgIpc) is 3.35. The van der Waals surface area contributed by atoms with Crippen molar-refractivity contribution >= 4 is 29.1 Å². The van der Waals surface area contributed by atoms with Crippen molar-refractivity contribution in [3.8, 4) is 17.1 Å². The molecule has 29 heavy (non-hydrogen) atoms. The molecule has 0 atom stereocenters. The maximum atomic E-state index is 12.6. The largest absolute Gasteiger partial charge is 0.348 e. The molecule has 0 unspecified atom stereocenters. The number of hydrogen-bond donors (Lipinski definition) is 0. The first kappa shape index (κ1) is 19.4. The van der Waals surface area contributed by atoms with Crippen molar-refractivity contribution in [3.05, 3.63) is 77.3 Å². The molecular weight excluding hydrogens is 406 g/mol. The number of hydrogen-bond acceptors (Lipinski definition) is 5. The Morgan fingerprint density at radius 1 is 1.10 bits per heavy atom. The van der Waals surface area contributed by atoms with Crippen LogP contribution in [0.3, 0.4) is 0 Å². The van der Waals surface area contributed by atoms with Gasteiger partial charge >= 0.3 is 0 Å². The standard InChI is InChI=1S/C21H18ClN5OS/c1-14-16(22)5-3-6-17(14)27-20(15-8-10-23-11-9-15)24-25-21(27)29-13-19(28)18-7-4-12-26(18)2/h3-12H,13H2,1-2H3. The summed E-state index contributed by atoms with van der Waals surface area (Å²) in [6.07, 6.45) is 5.28. The lowest BCUT2D eigenvalue weighted by Gasteiger charge is -2.13. The average molecular weight is 424 g/mol. The molecular formula is C21H18ClN5OS. The fraction of sp³-hybridized carbons (Fsp3) is 0.143. The molecule has 4 rings (SSSR count). The van der Waals surface area contributed by atoms with Gasteiger partial charge in [0.25, 0.3) is 0 Å². The second-order valence-corrected chi connectivity index (χ2v) is 7.83. The molecule has 0 spiro atoms. The van der Waals surface area contributed by atoms with Gasteiger partial charge in [0.2, 0.25) is 0 Å². The van der Waals surface area contributed by atoms with Crippen LogP contribution in [0.1, 0.15) is 16.1 Å². The third-order valence-corrected chi connectivity index (χ3v) is 5.95. The second kappa shape index (κ2) is 8.23. The normalized spacial score (nSPS) is 11.0. The molecule has 1 aromatic carbocycles. The molecule has 6 nitrogen and oxygen atoms in total. The summed E-state index contributed by atoms with van der Waals surface area (Å²) in [6.45, 7) is 1.96. The van der Waals surface area contributed by atoms with Crippen molar-refractivity contribution < 1.29 is 4.79 Å². The van der Waals surface area contributed by atoms with Crippen molar-refractivity contribution in [2.45, 2.75) is 12.1 Å². The van der Waals surface area contributed by atoms with Gasteiger partial charge in [0, 0.05) is 36.2 Å². The van der Waals surface area contributed by atoms with Crippen LogP contribution < -0.4 is 0 Å². The maximum Gasteiger partial charge on any atom is 0.196 e. The highest BCUT2D eigenvalue weighted by atomic mass is 35.5. The van der Waals surface area contributed by atoms with Crippen molar-refractivity contribution in [1.82, 2.24) is 24.3 Å². The molecule has 0 aliphatic carbocycles. The zero-order chi connectivity index (χ0) is 20.4. The van der Waals surface area contributed by atoms with Gasteiger partial charge in [0.05, 0.1) is 17.1 Å². The van der Waals surface area contributed by atoms with E-state index in [-0.39, 0.29) is 11.5 Å². The number of pyridine rings is 1. The molecule has 8 heteroatoms. The highest BCUT2D eigenvalue weighted by molar-refractivity contribution is 7.99. The van der Waals surface area contributed by atoms with E-state index in [1.165, 1.54) is 11.8 Å². The Balaban J connectivity index is 1.74. The van der Waals surface area contributed by atoms with Crippen LogP contribution in [0.25, 0.3) is 17.1 Å². The number of Topliss-reactive ketones (excluding diaryl/α,β-unsaturated/α-hetero) is 1. The van der Waals surface area contributed by atoms with Gasteiger partial charge in [-0.1, -0.05) is 29.4 Å². The Morgan fingerprint density at radius 3 is 2.62 bits per heavy atom. The van der Waals surface area contributed by atoms with Crippen molar-refractivity contribution in [3.63, 3.8) is 0 Å². The summed E-state index contributed by atoms with van der Waals surface area (Å²) >= 11 is 7.72. The number of carbonyl (C=O) groups is 1. The number of benzene rings is 1. The molecule has 3 heterocycles. The quantitative estimate of drug-likeness (QED) is 0.335. The van der Waals surface area contributed by atoms with Gasteiger partial charge in [0.15, 0.2) is 16.8 Å². The van der Waals surface area contributed by atoms with E-state index in [1.807, 2.05) is 71.8 Å². The molecule has 0 aliphatic rings. The molecule has 0 fully saturated rings. The van der Waals surface area contributed by atoms with E-state index >= 15 is 0 Å². The van der Waals surface area contributed by atoms with E-state index in [1.54, 1.807) is 12.4 Å². The lowest BCUT2D eigenvalue weighted by molar-refractivity contribution is 0.101. The van der Waals surface area contributed by atoms with Gasteiger partial charge in [-0.2, -0.15) is 0 Å². The van der Waals surface area contributed by atoms with Crippen molar-refractivity contribution in [1.29, 1.82) is 0 Å². The Bertz CT molecular complexity index is 1170. The van der Waals surface area contributed by atoms with Crippen molar-refractivity contribution in [2.75, 3.05) is 5.75 Å². The number of thioether (sulfide) groups is 1. The van der Waals surface area contributed by atoms with Gasteiger partial charge < -0.3 is 4.57 Å². The van der Waals surface area contributed by atoms with Crippen LogP contribution in [-0.4, -0.2) is 35.9 Å². The molecule has 0 saturated carbocycles. The van der Waals surface area contributed by atoms with E-state index in [0.29, 0.717) is 21.7 Å². The maximum absolute atomic E-state index is 12.6. The Hall–Kier alpha value is -2.90. The van der Waals surface area contributed by atoms with Crippen molar-refractivity contribution in [2.24, 2.45) is 7.05 Å². The molecule has 0 saturated heterocycles. The van der Waals surface area contributed by atoms with E-state index < -0.39 is 0 Å². The second-order valence-electron chi connectivity index (χ2n) is 6.48. The highest BCUT2D eigenvalue weighted by Gasteiger charge is 2.20. The van der Waals surface area contributed by atoms with E-state index in [9.17, 15) is 4.79 Å². The first-order valence-corrected chi connectivity index (χ1v) is 10.3. The van der Waals surface area contributed by atoms with Crippen LogP contribution in [0.5, 0.6) is 0 Å². The van der Waals surface area contributed by atoms with E-state index in [4.69, 9.17) is 11.6 Å². The van der Waals surface area contributed by atoms with E-state index in [2.05, 4.69) is 15.2 Å². The lowest BCUT2D eigenvalue weighted by atomic mass is 10.2. The molecule has 0 bridgehead atoms. The number of rotatable bonds is 6. The Kier molecular flexibility index (Phi) is 5.51. The summed E-state index contributed by atoms with van der Waals surface area (Å²) in [7, 11) is 1.86. The number of nitrogens with zero attached hydrogens (tertiary/aromatic N) is 5. The lowest BCUT2D eigenvalue weighted by Crippen LogP contribution is -2.09. The highest BCUT2D eigenvalue weighted by Crippen LogP contribution is 2.31. The topological polar surface area (TPSA) is 65.6 Å². The Morgan fingerprint density at radius 2 is 1.90 bits per heavy atom. The third-order valence-electron chi connectivity index (χ3n) is 4.61. The van der Waals surface area contributed by atoms with Crippen LogP contribution in [0.2, 0.25) is 5.02 Å². The molecule has 146 valence electrons. The number of halogens is 1. The van der Waals surface area contributed by atoms with Gasteiger partial charge in [0.1, 0.15) is 0 Å². The zero-order valence-electron chi connectivity index (χ0n) is 15.9. The molecule has 0 amide bonds. The van der Waals surface area contributed by atoms with E-state index in [0.717, 1.165) is 16.8 Å². The fourth-order valence-corrected chi connectivity index (χ4v) is 4.05. The summed E-state index contributed by atoms with van der Waals surface area (Å²) < 4.78 is 3.76. The minimum Gasteiger partial charge on any atom is -0.348 e. The summed E-state index contributed by atoms with van der Waals surface area (Å²) in [5.41, 5.74) is 3.34. The van der Waals surface area contributed by atoms with Gasteiger partial charge in [-0.25, -0.2) is 0 Å². The summed E-state index contributed by atoms with van der Waals surface area (Å²) in [4.78, 5) is 16.7. The number of carbonyl (C=O) groups excluding carboxylic acids is 1. The summed E-state index contributed by atoms with van der Waals surface area (Å²) in [5.74, 6) is 0.961. The van der Waals surface area contributed by atoms with Gasteiger partial charge in [-0.15, -0.1) is 10.2 Å². The summed E-state index contributed by atoms with van der Waals surface area (Å²) in [5, 5.41) is 10.1. The molecule has 0 aliphatic heterocycles. The minimum atomic E-state index is 0.0327. The third kappa shape index (κ3) is 3.83. The smallest absolute Gasteiger partial charge is 0.196 e. The Labute approximate surface area is 177 Å². The number of aryl methyl sites for hydroxylation is 1. The van der Waals surface area contributed by atoms with Crippen LogP contribution in [0, 0.1) is 6.92 Å². The molecule has 4 aromatic rings.